The summed E-state index contributed by atoms with van der Waals surface area (Å²) < 4.78 is 92.1. The Morgan fingerprint density at radius 1 is 1.02 bits per heavy atom. The number of carbonyl (C=O) groups excluding carboxylic acids is 2. The Kier molecular flexibility index (Phi) is 8.16. The number of amides is 3. The van der Waals surface area contributed by atoms with E-state index in [9.17, 15) is 35.9 Å². The molecule has 2 aliphatic rings. The molecular formula is C28H29F6N3O4. The Bertz CT molecular complexity index is 1270. The lowest BCUT2D eigenvalue weighted by atomic mass is 9.74. The molecule has 41 heavy (non-hydrogen) atoms. The second-order valence-electron chi connectivity index (χ2n) is 10.2. The van der Waals surface area contributed by atoms with E-state index in [1.165, 1.54) is 18.9 Å². The minimum absolute atomic E-state index is 0.0633. The number of ether oxygens (including phenoxy) is 2. The molecule has 0 aliphatic carbocycles. The van der Waals surface area contributed by atoms with Crippen LogP contribution in [-0.2, 0) is 32.2 Å². The maximum Gasteiger partial charge on any atom is 0.416 e. The summed E-state index contributed by atoms with van der Waals surface area (Å²) in [5.41, 5.74) is -4.57. The van der Waals surface area contributed by atoms with Crippen LogP contribution >= 0.6 is 0 Å². The highest BCUT2D eigenvalue weighted by Gasteiger charge is 2.52. The average molecular weight is 586 g/mol. The summed E-state index contributed by atoms with van der Waals surface area (Å²) >= 11 is 0. The number of hydrogen-bond donors (Lipinski definition) is 2. The van der Waals surface area contributed by atoms with Gasteiger partial charge in [0.05, 0.1) is 23.3 Å². The van der Waals surface area contributed by atoms with E-state index < -0.39 is 52.6 Å². The van der Waals surface area contributed by atoms with E-state index in [2.05, 4.69) is 17.2 Å². The van der Waals surface area contributed by atoms with Gasteiger partial charge < -0.3 is 14.4 Å². The molecule has 2 aromatic rings. The number of piperidine rings is 1. The second kappa shape index (κ2) is 11.0. The fourth-order valence-electron chi connectivity index (χ4n) is 5.40. The lowest BCUT2D eigenvalue weighted by Crippen LogP contribution is -2.66. The molecule has 3 atom stereocenters. The highest BCUT2D eigenvalue weighted by molar-refractivity contribution is 6.02. The zero-order valence-electron chi connectivity index (χ0n) is 22.3. The molecule has 0 unspecified atom stereocenters. The maximum absolute atomic E-state index is 13.5. The van der Waals surface area contributed by atoms with Crippen molar-refractivity contribution in [3.8, 4) is 0 Å². The van der Waals surface area contributed by atoms with Gasteiger partial charge in [-0.05, 0) is 49.1 Å². The number of alkyl halides is 6. The average Bonchev–Trinajstić information content (AvgIpc) is 3.26. The number of hydrogen-bond acceptors (Lipinski definition) is 5. The van der Waals surface area contributed by atoms with E-state index in [4.69, 9.17) is 9.47 Å². The van der Waals surface area contributed by atoms with Crippen molar-refractivity contribution in [2.75, 3.05) is 26.8 Å². The van der Waals surface area contributed by atoms with E-state index in [0.29, 0.717) is 24.1 Å². The summed E-state index contributed by atoms with van der Waals surface area (Å²) in [6, 6.07) is 9.64. The van der Waals surface area contributed by atoms with Gasteiger partial charge in [-0.1, -0.05) is 36.9 Å². The van der Waals surface area contributed by atoms with Crippen molar-refractivity contribution in [2.45, 2.75) is 49.3 Å². The van der Waals surface area contributed by atoms with Gasteiger partial charge >= 0.3 is 18.4 Å². The SMILES string of the molecule is C=C(O[C@H](C)c1cc(C(F)(F)F)cc(C(F)(F)F)c1)[C@@]1(c2ccccc2)CC[C@](COC)(N2CC(=O)NC2=O)CN1. The molecule has 13 heteroatoms. The predicted molar refractivity (Wildman–Crippen MR) is 135 cm³/mol. The van der Waals surface area contributed by atoms with Gasteiger partial charge in [0.15, 0.2) is 0 Å². The van der Waals surface area contributed by atoms with Gasteiger partial charge in [0.2, 0.25) is 5.91 Å². The highest BCUT2D eigenvalue weighted by Crippen LogP contribution is 2.44. The van der Waals surface area contributed by atoms with Crippen LogP contribution < -0.4 is 10.6 Å². The minimum Gasteiger partial charge on any atom is -0.489 e. The molecule has 2 aliphatic heterocycles. The molecule has 222 valence electrons. The number of rotatable bonds is 8. The van der Waals surface area contributed by atoms with Crippen molar-refractivity contribution in [2.24, 2.45) is 0 Å². The number of imide groups is 1. The molecule has 3 amide bonds. The molecule has 2 saturated heterocycles. The Hall–Kier alpha value is -3.58. The fourth-order valence-corrected chi connectivity index (χ4v) is 5.40. The fraction of sp³-hybridized carbons (Fsp3) is 0.429. The van der Waals surface area contributed by atoms with Crippen molar-refractivity contribution in [1.29, 1.82) is 0 Å². The summed E-state index contributed by atoms with van der Waals surface area (Å²) in [7, 11) is 1.46. The molecule has 2 aromatic carbocycles. The van der Waals surface area contributed by atoms with E-state index >= 15 is 0 Å². The topological polar surface area (TPSA) is 79.9 Å². The second-order valence-corrected chi connectivity index (χ2v) is 10.2. The van der Waals surface area contributed by atoms with Gasteiger partial charge in [-0.15, -0.1) is 0 Å². The third-order valence-corrected chi connectivity index (χ3v) is 7.60. The Morgan fingerprint density at radius 3 is 2.10 bits per heavy atom. The molecule has 0 radical (unpaired) electrons. The van der Waals surface area contributed by atoms with Crippen molar-refractivity contribution in [3.63, 3.8) is 0 Å². The number of nitrogens with zero attached hydrogens (tertiary/aromatic N) is 1. The Morgan fingerprint density at radius 2 is 1.63 bits per heavy atom. The van der Waals surface area contributed by atoms with Gasteiger partial charge in [-0.25, -0.2) is 4.79 Å². The van der Waals surface area contributed by atoms with Crippen LogP contribution in [0.15, 0.2) is 60.9 Å². The molecule has 2 fully saturated rings. The first kappa shape index (κ1) is 30.4. The van der Waals surface area contributed by atoms with Crippen molar-refractivity contribution in [3.05, 3.63) is 83.1 Å². The van der Waals surface area contributed by atoms with Crippen molar-refractivity contribution in [1.82, 2.24) is 15.5 Å². The van der Waals surface area contributed by atoms with E-state index in [-0.39, 0.29) is 43.5 Å². The Labute approximate surface area is 232 Å². The molecule has 0 aromatic heterocycles. The lowest BCUT2D eigenvalue weighted by Gasteiger charge is -2.50. The van der Waals surface area contributed by atoms with Crippen LogP contribution in [0.4, 0.5) is 31.1 Å². The normalized spacial score (nSPS) is 24.2. The zero-order chi connectivity index (χ0) is 30.2. The number of carbonyl (C=O) groups is 2. The number of methoxy groups -OCH3 is 1. The van der Waals surface area contributed by atoms with Crippen LogP contribution in [0, 0.1) is 0 Å². The predicted octanol–water partition coefficient (Wildman–Crippen LogP) is 5.53. The van der Waals surface area contributed by atoms with Gasteiger partial charge in [0.25, 0.3) is 0 Å². The van der Waals surface area contributed by atoms with Gasteiger partial charge in [0.1, 0.15) is 23.9 Å². The number of urea groups is 1. The lowest BCUT2D eigenvalue weighted by molar-refractivity contribution is -0.143. The number of nitrogens with one attached hydrogen (secondary N) is 2. The number of halogens is 6. The third-order valence-electron chi connectivity index (χ3n) is 7.60. The smallest absolute Gasteiger partial charge is 0.416 e. The minimum atomic E-state index is -5.00. The molecule has 0 bridgehead atoms. The summed E-state index contributed by atoms with van der Waals surface area (Å²) in [6.45, 7) is 5.45. The van der Waals surface area contributed by atoms with Gasteiger partial charge in [-0.2, -0.15) is 26.3 Å². The monoisotopic (exact) mass is 585 g/mol. The summed E-state index contributed by atoms with van der Waals surface area (Å²) in [4.78, 5) is 25.9. The maximum atomic E-state index is 13.5. The third kappa shape index (κ3) is 6.05. The van der Waals surface area contributed by atoms with Crippen LogP contribution in [0.25, 0.3) is 0 Å². The van der Waals surface area contributed by atoms with Gasteiger partial charge in [0, 0.05) is 13.7 Å². The summed E-state index contributed by atoms with van der Waals surface area (Å²) in [6.07, 6.45) is -10.7. The van der Waals surface area contributed by atoms with Crippen LogP contribution in [0.1, 0.15) is 48.1 Å². The largest absolute Gasteiger partial charge is 0.489 e. The van der Waals surface area contributed by atoms with Crippen LogP contribution in [-0.4, -0.2) is 49.2 Å². The van der Waals surface area contributed by atoms with Crippen LogP contribution in [0.2, 0.25) is 0 Å². The number of benzene rings is 2. The van der Waals surface area contributed by atoms with E-state index in [1.54, 1.807) is 30.3 Å². The van der Waals surface area contributed by atoms with Crippen molar-refractivity contribution >= 4 is 11.9 Å². The molecule has 7 nitrogen and oxygen atoms in total. The summed E-state index contributed by atoms with van der Waals surface area (Å²) in [5.74, 6) is -0.388. The van der Waals surface area contributed by atoms with Crippen LogP contribution in [0.3, 0.4) is 0 Å². The standard InChI is InChI=1S/C28H29F6N3O4/c1-17(19-11-21(27(29,30)31)13-22(12-19)28(32,33)34)41-18(2)26(20-7-5-4-6-8-20)10-9-25(15-35-26,16-40-3)37-14-23(38)36-24(37)39/h4-8,11-13,17,35H,2,9-10,14-16H2,1,3H3,(H,36,38,39)/t17-,25+,26-/m1/s1. The molecule has 0 spiro atoms. The Balaban J connectivity index is 1.66. The zero-order valence-corrected chi connectivity index (χ0v) is 22.3. The molecule has 2 N–H and O–H groups in total. The highest BCUT2D eigenvalue weighted by atomic mass is 19.4. The molecule has 2 heterocycles. The quantitative estimate of drug-likeness (QED) is 0.242. The molecule has 0 saturated carbocycles. The molecular weight excluding hydrogens is 556 g/mol. The van der Waals surface area contributed by atoms with Crippen LogP contribution in [0.5, 0.6) is 0 Å². The van der Waals surface area contributed by atoms with Gasteiger partial charge in [-0.3, -0.25) is 15.4 Å². The molecule has 4 rings (SSSR count). The van der Waals surface area contributed by atoms with E-state index in [0.717, 1.165) is 0 Å². The van der Waals surface area contributed by atoms with Crippen molar-refractivity contribution < 1.29 is 45.4 Å². The van der Waals surface area contributed by atoms with E-state index in [1.807, 2.05) is 0 Å². The first-order valence-corrected chi connectivity index (χ1v) is 12.7. The first-order chi connectivity index (χ1) is 19.1. The summed E-state index contributed by atoms with van der Waals surface area (Å²) in [5, 5.41) is 5.63. The first-order valence-electron chi connectivity index (χ1n) is 12.7.